The zero-order valence-electron chi connectivity index (χ0n) is 10.3. The summed E-state index contributed by atoms with van der Waals surface area (Å²) in [4.78, 5) is 0. The van der Waals surface area contributed by atoms with E-state index in [9.17, 15) is 0 Å². The highest BCUT2D eigenvalue weighted by atomic mass is 15.1. The fraction of sp³-hybridized carbons (Fsp3) is 0.308. The Morgan fingerprint density at radius 1 is 1.12 bits per heavy atom. The molecule has 3 rings (SSSR count). The van der Waals surface area contributed by atoms with Crippen molar-refractivity contribution in [2.24, 2.45) is 0 Å². The van der Waals surface area contributed by atoms with Crippen LogP contribution >= 0.6 is 0 Å². The van der Waals surface area contributed by atoms with Gasteiger partial charge in [0.2, 0.25) is 0 Å². The van der Waals surface area contributed by atoms with Gasteiger partial charge in [0.25, 0.3) is 0 Å². The van der Waals surface area contributed by atoms with Crippen molar-refractivity contribution in [3.63, 3.8) is 0 Å². The number of aromatic nitrogens is 1. The van der Waals surface area contributed by atoms with E-state index in [1.807, 2.05) is 0 Å². The van der Waals surface area contributed by atoms with Gasteiger partial charge in [-0.05, 0) is 32.4 Å². The summed E-state index contributed by atoms with van der Waals surface area (Å²) >= 11 is 0. The third-order valence-electron chi connectivity index (χ3n) is 3.65. The van der Waals surface area contributed by atoms with Gasteiger partial charge in [-0.25, -0.2) is 0 Å². The van der Waals surface area contributed by atoms with Gasteiger partial charge in [-0.3, -0.25) is 4.49 Å². The molecule has 2 aliphatic rings. The Morgan fingerprint density at radius 2 is 1.88 bits per heavy atom. The number of fused-ring (bicyclic) bond motifs is 2. The van der Waals surface area contributed by atoms with E-state index in [4.69, 9.17) is 0 Å². The molecule has 2 aliphatic heterocycles. The van der Waals surface area contributed by atoms with Crippen LogP contribution in [0.25, 0.3) is 6.08 Å². The van der Waals surface area contributed by atoms with Crippen molar-refractivity contribution in [1.29, 1.82) is 0 Å². The van der Waals surface area contributed by atoms with Crippen LogP contribution in [0.2, 0.25) is 0 Å². The Bertz CT molecular complexity index is 585. The number of allylic oxidation sites excluding steroid dienone is 2. The summed E-state index contributed by atoms with van der Waals surface area (Å²) < 4.78 is 4.77. The van der Waals surface area contributed by atoms with Crippen LogP contribution in [0, 0.1) is 13.8 Å². The van der Waals surface area contributed by atoms with Gasteiger partial charge in [-0.1, -0.05) is 0 Å². The summed E-state index contributed by atoms with van der Waals surface area (Å²) in [5.74, 6) is 0. The summed E-state index contributed by atoms with van der Waals surface area (Å²) in [6.07, 6.45) is 4.58. The van der Waals surface area contributed by atoms with Crippen LogP contribution in [0.15, 0.2) is 23.4 Å². The lowest BCUT2D eigenvalue weighted by molar-refractivity contribution is -0.314. The number of hydrogen-bond acceptors (Lipinski definition) is 0. The number of rotatable bonds is 0. The Balaban J connectivity index is 2.26. The zero-order chi connectivity index (χ0) is 11.4. The highest BCUT2D eigenvalue weighted by Crippen LogP contribution is 2.27. The van der Waals surface area contributed by atoms with Crippen LogP contribution in [0.5, 0.6) is 0 Å². The molecule has 0 atom stereocenters. The first-order chi connectivity index (χ1) is 7.58. The standard InChI is InChI=1S/C13H16BN2/c1-8-5-10(3)15-12(8)7-13-9(2)6-11(4)16(13)14-15/h5-7,14H,1-4H3/q+1. The first-order valence-electron chi connectivity index (χ1n) is 5.76. The Hall–Kier alpha value is -1.51. The third-order valence-corrected chi connectivity index (χ3v) is 3.65. The molecule has 1 aromatic heterocycles. The summed E-state index contributed by atoms with van der Waals surface area (Å²) in [6.45, 7) is 8.74. The Labute approximate surface area is 96.9 Å². The molecule has 0 saturated carbocycles. The maximum atomic E-state index is 2.38. The van der Waals surface area contributed by atoms with Crippen molar-refractivity contribution >= 4 is 19.3 Å². The maximum absolute atomic E-state index is 2.38. The highest BCUT2D eigenvalue weighted by Gasteiger charge is 2.32. The monoisotopic (exact) mass is 211 g/mol. The fourth-order valence-corrected chi connectivity index (χ4v) is 2.77. The molecule has 3 heterocycles. The maximum Gasteiger partial charge on any atom is 0.604 e. The first kappa shape index (κ1) is 9.70. The molecule has 3 heteroatoms. The molecule has 0 radical (unpaired) electrons. The third kappa shape index (κ3) is 1.11. The second kappa shape index (κ2) is 3.00. The molecular formula is C13H16BN2+. The second-order valence-corrected chi connectivity index (χ2v) is 4.85. The SMILES string of the molecule is CC1=CC(C)=[N+]2Bn3c(C)cc(C)c3C=C12. The lowest BCUT2D eigenvalue weighted by Crippen LogP contribution is -2.29. The molecule has 0 N–H and O–H groups in total. The molecule has 0 spiro atoms. The molecule has 0 amide bonds. The van der Waals surface area contributed by atoms with E-state index in [0.29, 0.717) is 0 Å². The lowest BCUT2D eigenvalue weighted by atomic mass is 10.0. The van der Waals surface area contributed by atoms with Gasteiger partial charge in [0.15, 0.2) is 11.4 Å². The van der Waals surface area contributed by atoms with E-state index in [1.54, 1.807) is 0 Å². The smallest absolute Gasteiger partial charge is 0.327 e. The molecule has 0 saturated heterocycles. The molecular weight excluding hydrogens is 195 g/mol. The van der Waals surface area contributed by atoms with Gasteiger partial charge >= 0.3 is 7.55 Å². The molecule has 80 valence electrons. The van der Waals surface area contributed by atoms with Crippen LogP contribution in [0.4, 0.5) is 0 Å². The lowest BCUT2D eigenvalue weighted by Gasteiger charge is -2.13. The summed E-state index contributed by atoms with van der Waals surface area (Å²) in [5, 5.41) is 0. The minimum Gasteiger partial charge on any atom is -0.327 e. The van der Waals surface area contributed by atoms with Crippen molar-refractivity contribution in [3.8, 4) is 0 Å². The van der Waals surface area contributed by atoms with E-state index in [1.165, 1.54) is 33.9 Å². The van der Waals surface area contributed by atoms with Crippen molar-refractivity contribution in [1.82, 2.24) is 4.48 Å². The van der Waals surface area contributed by atoms with Crippen LogP contribution in [-0.4, -0.2) is 22.2 Å². The normalized spacial score (nSPS) is 17.8. The molecule has 0 aromatic carbocycles. The zero-order valence-corrected chi connectivity index (χ0v) is 10.3. The van der Waals surface area contributed by atoms with Gasteiger partial charge < -0.3 is 4.48 Å². The number of aryl methyl sites for hydroxylation is 2. The molecule has 2 nitrogen and oxygen atoms in total. The van der Waals surface area contributed by atoms with Crippen molar-refractivity contribution in [3.05, 3.63) is 40.4 Å². The minimum atomic E-state index is 0.959. The van der Waals surface area contributed by atoms with Gasteiger partial charge in [0.1, 0.15) is 0 Å². The fourth-order valence-electron chi connectivity index (χ4n) is 2.77. The van der Waals surface area contributed by atoms with Crippen LogP contribution in [0.1, 0.15) is 30.8 Å². The van der Waals surface area contributed by atoms with E-state index in [2.05, 4.69) is 54.9 Å². The second-order valence-electron chi connectivity index (χ2n) is 4.85. The minimum absolute atomic E-state index is 0.959. The van der Waals surface area contributed by atoms with Gasteiger partial charge in [-0.15, -0.1) is 0 Å². The summed E-state index contributed by atoms with van der Waals surface area (Å²) in [5.41, 5.74) is 8.18. The quantitative estimate of drug-likeness (QED) is 0.580. The first-order valence-corrected chi connectivity index (χ1v) is 5.76. The summed E-state index contributed by atoms with van der Waals surface area (Å²) in [6, 6.07) is 2.27. The van der Waals surface area contributed by atoms with Gasteiger partial charge in [0, 0.05) is 36.0 Å². The number of nitrogens with zero attached hydrogens (tertiary/aromatic N) is 2. The van der Waals surface area contributed by atoms with Crippen LogP contribution < -0.4 is 0 Å². The largest absolute Gasteiger partial charge is 0.604 e. The molecule has 1 aromatic rings. The van der Waals surface area contributed by atoms with E-state index >= 15 is 0 Å². The predicted octanol–water partition coefficient (Wildman–Crippen LogP) is 2.01. The van der Waals surface area contributed by atoms with Gasteiger partial charge in [-0.2, -0.15) is 0 Å². The predicted molar refractivity (Wildman–Crippen MR) is 69.1 cm³/mol. The van der Waals surface area contributed by atoms with Crippen molar-refractivity contribution in [2.75, 3.05) is 0 Å². The van der Waals surface area contributed by atoms with E-state index < -0.39 is 0 Å². The molecule has 0 fully saturated rings. The van der Waals surface area contributed by atoms with Crippen molar-refractivity contribution in [2.45, 2.75) is 27.7 Å². The van der Waals surface area contributed by atoms with Gasteiger partial charge in [0.05, 0.1) is 0 Å². The average molecular weight is 211 g/mol. The Morgan fingerprint density at radius 3 is 2.62 bits per heavy atom. The van der Waals surface area contributed by atoms with Crippen LogP contribution in [-0.2, 0) is 0 Å². The highest BCUT2D eigenvalue weighted by molar-refractivity contribution is 6.28. The molecule has 16 heavy (non-hydrogen) atoms. The topological polar surface area (TPSA) is 7.94 Å². The van der Waals surface area contributed by atoms with Crippen LogP contribution in [0.3, 0.4) is 0 Å². The molecule has 0 bridgehead atoms. The summed E-state index contributed by atoms with van der Waals surface area (Å²) in [7, 11) is 0.959. The van der Waals surface area contributed by atoms with E-state index in [0.717, 1.165) is 7.55 Å². The van der Waals surface area contributed by atoms with Crippen molar-refractivity contribution < 1.29 is 4.49 Å². The average Bonchev–Trinajstić information content (AvgIpc) is 2.67. The number of hydrogen-bond donors (Lipinski definition) is 0. The van der Waals surface area contributed by atoms with E-state index in [-0.39, 0.29) is 0 Å². The Kier molecular flexibility index (Phi) is 1.82. The molecule has 0 aliphatic carbocycles. The molecule has 0 unspecified atom stereocenters.